The number of nitrogens with two attached hydrogens (primary N) is 1. The van der Waals surface area contributed by atoms with Gasteiger partial charge in [0.2, 0.25) is 5.91 Å². The molecule has 0 heterocycles. The van der Waals surface area contributed by atoms with Crippen molar-refractivity contribution in [2.45, 2.75) is 32.2 Å². The summed E-state index contributed by atoms with van der Waals surface area (Å²) in [6.45, 7) is 2.02. The molecule has 0 aliphatic heterocycles. The standard InChI is InChI=1S/C14H19N3O4/c1-2-9-3-5-10(6-4-9)16-14(21)17-11(13(19)20)7-8-12(15)18/h3-6,11H,2,7-8H2,1H3,(H2,15,18)(H,19,20)(H2,16,17,21)/t11-/m0/s1. The SMILES string of the molecule is CCc1ccc(NC(=O)N[C@@H](CCC(N)=O)C(=O)O)cc1. The summed E-state index contributed by atoms with van der Waals surface area (Å²) < 4.78 is 0. The number of carboxylic acids is 1. The van der Waals surface area contributed by atoms with Crippen molar-refractivity contribution in [2.24, 2.45) is 5.73 Å². The van der Waals surface area contributed by atoms with Crippen LogP contribution in [0.25, 0.3) is 0 Å². The van der Waals surface area contributed by atoms with E-state index in [1.54, 1.807) is 12.1 Å². The minimum Gasteiger partial charge on any atom is -0.480 e. The number of carboxylic acid groups (broad SMARTS) is 1. The van der Waals surface area contributed by atoms with Crippen LogP contribution in [0.2, 0.25) is 0 Å². The number of rotatable bonds is 7. The summed E-state index contributed by atoms with van der Waals surface area (Å²) in [5, 5.41) is 13.8. The number of amides is 3. The van der Waals surface area contributed by atoms with Gasteiger partial charge >= 0.3 is 12.0 Å². The van der Waals surface area contributed by atoms with Gasteiger partial charge in [0.25, 0.3) is 0 Å². The highest BCUT2D eigenvalue weighted by Crippen LogP contribution is 2.10. The van der Waals surface area contributed by atoms with Gasteiger partial charge in [0.15, 0.2) is 0 Å². The largest absolute Gasteiger partial charge is 0.480 e. The maximum Gasteiger partial charge on any atom is 0.326 e. The topological polar surface area (TPSA) is 122 Å². The zero-order valence-corrected chi connectivity index (χ0v) is 11.8. The Labute approximate surface area is 122 Å². The molecule has 0 fully saturated rings. The van der Waals surface area contributed by atoms with Gasteiger partial charge in [-0.15, -0.1) is 0 Å². The van der Waals surface area contributed by atoms with E-state index >= 15 is 0 Å². The van der Waals surface area contributed by atoms with Gasteiger partial charge in [-0.1, -0.05) is 19.1 Å². The molecule has 0 aliphatic rings. The van der Waals surface area contributed by atoms with Gasteiger partial charge < -0.3 is 21.5 Å². The smallest absolute Gasteiger partial charge is 0.326 e. The molecule has 0 aliphatic carbocycles. The van der Waals surface area contributed by atoms with Gasteiger partial charge in [-0.2, -0.15) is 0 Å². The van der Waals surface area contributed by atoms with Crippen LogP contribution in [-0.2, 0) is 16.0 Å². The molecule has 3 amide bonds. The summed E-state index contributed by atoms with van der Waals surface area (Å²) in [4.78, 5) is 33.4. The number of anilines is 1. The second-order valence-electron chi connectivity index (χ2n) is 4.54. The Morgan fingerprint density at radius 3 is 2.33 bits per heavy atom. The summed E-state index contributed by atoms with van der Waals surface area (Å²) in [6, 6.07) is 5.41. The fraction of sp³-hybridized carbons (Fsp3) is 0.357. The van der Waals surface area contributed by atoms with Gasteiger partial charge in [0.05, 0.1) is 0 Å². The van der Waals surface area contributed by atoms with Crippen LogP contribution in [-0.4, -0.2) is 29.1 Å². The average molecular weight is 293 g/mol. The number of urea groups is 1. The monoisotopic (exact) mass is 293 g/mol. The fourth-order valence-electron chi connectivity index (χ4n) is 1.69. The van der Waals surface area contributed by atoms with Crippen molar-refractivity contribution in [1.82, 2.24) is 5.32 Å². The van der Waals surface area contributed by atoms with Crippen molar-refractivity contribution in [3.63, 3.8) is 0 Å². The molecule has 0 radical (unpaired) electrons. The van der Waals surface area contributed by atoms with Crippen LogP contribution in [0.4, 0.5) is 10.5 Å². The lowest BCUT2D eigenvalue weighted by Crippen LogP contribution is -2.43. The number of aliphatic carboxylic acids is 1. The summed E-state index contributed by atoms with van der Waals surface area (Å²) in [5.41, 5.74) is 6.65. The molecule has 1 aromatic rings. The zero-order valence-electron chi connectivity index (χ0n) is 11.8. The average Bonchev–Trinajstić information content (AvgIpc) is 2.43. The number of carbonyl (C=O) groups is 3. The van der Waals surface area contributed by atoms with Crippen LogP contribution in [0, 0.1) is 0 Å². The molecule has 0 unspecified atom stereocenters. The Morgan fingerprint density at radius 2 is 1.86 bits per heavy atom. The van der Waals surface area contributed by atoms with E-state index in [-0.39, 0.29) is 12.8 Å². The van der Waals surface area contributed by atoms with Crippen LogP contribution in [0.3, 0.4) is 0 Å². The minimum absolute atomic E-state index is 0.0488. The first kappa shape index (κ1) is 16.5. The fourth-order valence-corrected chi connectivity index (χ4v) is 1.69. The Balaban J connectivity index is 2.56. The number of nitrogens with one attached hydrogen (secondary N) is 2. The van der Waals surface area contributed by atoms with Crippen molar-refractivity contribution in [2.75, 3.05) is 5.32 Å². The first-order valence-electron chi connectivity index (χ1n) is 6.60. The third-order valence-electron chi connectivity index (χ3n) is 2.90. The van der Waals surface area contributed by atoms with Gasteiger partial charge in [-0.25, -0.2) is 9.59 Å². The second kappa shape index (κ2) is 7.88. The molecular weight excluding hydrogens is 274 g/mol. The van der Waals surface area contributed by atoms with Crippen LogP contribution >= 0.6 is 0 Å². The molecule has 21 heavy (non-hydrogen) atoms. The number of carbonyl (C=O) groups excluding carboxylic acids is 2. The van der Waals surface area contributed by atoms with Gasteiger partial charge in [-0.3, -0.25) is 4.79 Å². The summed E-state index contributed by atoms with van der Waals surface area (Å²) in [5.74, 6) is -1.83. The van der Waals surface area contributed by atoms with E-state index in [0.717, 1.165) is 12.0 Å². The van der Waals surface area contributed by atoms with Crippen molar-refractivity contribution in [3.05, 3.63) is 29.8 Å². The molecule has 114 valence electrons. The Morgan fingerprint density at radius 1 is 1.24 bits per heavy atom. The third-order valence-corrected chi connectivity index (χ3v) is 2.90. The Hall–Kier alpha value is -2.57. The maximum atomic E-state index is 11.7. The molecule has 0 saturated heterocycles. The van der Waals surface area contributed by atoms with Crippen LogP contribution < -0.4 is 16.4 Å². The maximum absolute atomic E-state index is 11.7. The van der Waals surface area contributed by atoms with Crippen molar-refractivity contribution in [3.8, 4) is 0 Å². The molecule has 7 heteroatoms. The second-order valence-corrected chi connectivity index (χ2v) is 4.54. The molecular formula is C14H19N3O4. The van der Waals surface area contributed by atoms with E-state index in [0.29, 0.717) is 5.69 Å². The normalized spacial score (nSPS) is 11.5. The third kappa shape index (κ3) is 5.94. The van der Waals surface area contributed by atoms with Gasteiger partial charge in [0, 0.05) is 12.1 Å². The molecule has 5 N–H and O–H groups in total. The van der Waals surface area contributed by atoms with Crippen molar-refractivity contribution < 1.29 is 19.5 Å². The number of primary amides is 1. The molecule has 0 spiro atoms. The molecule has 1 rings (SSSR count). The first-order valence-corrected chi connectivity index (χ1v) is 6.60. The van der Waals surface area contributed by atoms with Crippen molar-refractivity contribution in [1.29, 1.82) is 0 Å². The van der Waals surface area contributed by atoms with Crippen LogP contribution in [0.15, 0.2) is 24.3 Å². The van der Waals surface area contributed by atoms with E-state index in [2.05, 4.69) is 10.6 Å². The predicted octanol–water partition coefficient (Wildman–Crippen LogP) is 1.09. The van der Waals surface area contributed by atoms with Crippen molar-refractivity contribution >= 4 is 23.6 Å². The van der Waals surface area contributed by atoms with E-state index in [9.17, 15) is 14.4 Å². The van der Waals surface area contributed by atoms with Crippen LogP contribution in [0.1, 0.15) is 25.3 Å². The molecule has 0 aromatic heterocycles. The molecule has 1 atom stereocenters. The number of hydrogen-bond donors (Lipinski definition) is 4. The van der Waals surface area contributed by atoms with E-state index in [1.165, 1.54) is 0 Å². The number of aryl methyl sites for hydroxylation is 1. The minimum atomic E-state index is -1.22. The predicted molar refractivity (Wildman–Crippen MR) is 77.8 cm³/mol. The van der Waals surface area contributed by atoms with E-state index < -0.39 is 23.9 Å². The number of benzene rings is 1. The lowest BCUT2D eigenvalue weighted by molar-refractivity contribution is -0.139. The molecule has 7 nitrogen and oxygen atoms in total. The lowest BCUT2D eigenvalue weighted by Gasteiger charge is -2.14. The molecule has 0 saturated carbocycles. The Kier molecular flexibility index (Phi) is 6.19. The van der Waals surface area contributed by atoms with Gasteiger partial charge in [-0.05, 0) is 30.5 Å². The highest BCUT2D eigenvalue weighted by Gasteiger charge is 2.20. The molecule has 0 bridgehead atoms. The molecule has 1 aromatic carbocycles. The summed E-state index contributed by atoms with van der Waals surface area (Å²) in [6.07, 6.45) is 0.732. The van der Waals surface area contributed by atoms with E-state index in [1.807, 2.05) is 19.1 Å². The quantitative estimate of drug-likeness (QED) is 0.601. The number of hydrogen-bond acceptors (Lipinski definition) is 3. The highest BCUT2D eigenvalue weighted by atomic mass is 16.4. The first-order chi connectivity index (χ1) is 9.92. The summed E-state index contributed by atoms with van der Waals surface area (Å²) >= 11 is 0. The summed E-state index contributed by atoms with van der Waals surface area (Å²) in [7, 11) is 0. The zero-order chi connectivity index (χ0) is 15.8. The van der Waals surface area contributed by atoms with E-state index in [4.69, 9.17) is 10.8 Å². The Bertz CT molecular complexity index is 513. The van der Waals surface area contributed by atoms with Gasteiger partial charge in [0.1, 0.15) is 6.04 Å². The highest BCUT2D eigenvalue weighted by molar-refractivity contribution is 5.92. The lowest BCUT2D eigenvalue weighted by atomic mass is 10.1. The van der Waals surface area contributed by atoms with Crippen LogP contribution in [0.5, 0.6) is 0 Å².